The van der Waals surface area contributed by atoms with E-state index in [4.69, 9.17) is 4.74 Å². The molecule has 0 aliphatic carbocycles. The van der Waals surface area contributed by atoms with Gasteiger partial charge in [0.05, 0.1) is 17.8 Å². The number of carbonyl (C=O) groups excluding carboxylic acids is 1. The van der Waals surface area contributed by atoms with Gasteiger partial charge in [0.15, 0.2) is 0 Å². The third-order valence-corrected chi connectivity index (χ3v) is 5.66. The molecule has 0 saturated carbocycles. The van der Waals surface area contributed by atoms with E-state index in [1.54, 1.807) is 4.68 Å². The van der Waals surface area contributed by atoms with Crippen LogP contribution in [-0.2, 0) is 11.2 Å². The fraction of sp³-hybridized carbons (Fsp3) is 0.440. The minimum atomic E-state index is -0.123. The lowest BCUT2D eigenvalue weighted by atomic mass is 10.1. The first-order valence-electron chi connectivity index (χ1n) is 11.4. The average Bonchev–Trinajstić information content (AvgIpc) is 3.05. The van der Waals surface area contributed by atoms with Gasteiger partial charge in [0.2, 0.25) is 5.91 Å². The Labute approximate surface area is 196 Å². The first-order chi connectivity index (χ1) is 15.8. The molecular formula is C25H34N6O2. The standard InChI is InChI=1S/C25H34N6O2/c1-7-30(8-2)13-14-33-23-12-10-9-11-22(23)28-24(32)16-21-19(5)29-31(20(21)6)25-26-17(3)15-18(4)27-25/h9-12,15H,7-8,13-14,16H2,1-6H3,(H,28,32). The Morgan fingerprint density at radius 3 is 2.39 bits per heavy atom. The van der Waals surface area contributed by atoms with Gasteiger partial charge in [0, 0.05) is 29.2 Å². The molecule has 2 heterocycles. The summed E-state index contributed by atoms with van der Waals surface area (Å²) in [5.41, 5.74) is 4.94. The predicted octanol–water partition coefficient (Wildman–Crippen LogP) is 3.80. The lowest BCUT2D eigenvalue weighted by molar-refractivity contribution is -0.115. The zero-order valence-electron chi connectivity index (χ0n) is 20.5. The summed E-state index contributed by atoms with van der Waals surface area (Å²) >= 11 is 0. The van der Waals surface area contributed by atoms with E-state index in [1.165, 1.54) is 0 Å². The maximum atomic E-state index is 12.9. The fourth-order valence-electron chi connectivity index (χ4n) is 3.80. The lowest BCUT2D eigenvalue weighted by Crippen LogP contribution is -2.28. The molecule has 0 spiro atoms. The molecule has 0 bridgehead atoms. The Hall–Kier alpha value is -3.26. The zero-order valence-corrected chi connectivity index (χ0v) is 20.5. The molecule has 2 aromatic heterocycles. The van der Waals surface area contributed by atoms with Crippen LogP contribution in [0.25, 0.3) is 5.95 Å². The zero-order chi connectivity index (χ0) is 24.0. The fourth-order valence-corrected chi connectivity index (χ4v) is 3.80. The highest BCUT2D eigenvalue weighted by Crippen LogP contribution is 2.25. The second-order valence-electron chi connectivity index (χ2n) is 8.11. The SMILES string of the molecule is CCN(CC)CCOc1ccccc1NC(=O)Cc1c(C)nn(-c2nc(C)cc(C)n2)c1C. The Bertz CT molecular complexity index is 1080. The normalized spacial score (nSPS) is 11.1. The van der Waals surface area contributed by atoms with E-state index >= 15 is 0 Å². The number of anilines is 1. The number of nitrogens with one attached hydrogen (secondary N) is 1. The van der Waals surface area contributed by atoms with Crippen LogP contribution in [0, 0.1) is 27.7 Å². The maximum Gasteiger partial charge on any atom is 0.251 e. The molecular weight excluding hydrogens is 416 g/mol. The third-order valence-electron chi connectivity index (χ3n) is 5.66. The van der Waals surface area contributed by atoms with E-state index < -0.39 is 0 Å². The Morgan fingerprint density at radius 2 is 1.73 bits per heavy atom. The number of amides is 1. The van der Waals surface area contributed by atoms with Crippen molar-refractivity contribution >= 4 is 11.6 Å². The quantitative estimate of drug-likeness (QED) is 0.506. The maximum absolute atomic E-state index is 12.9. The lowest BCUT2D eigenvalue weighted by Gasteiger charge is -2.19. The van der Waals surface area contributed by atoms with Crippen LogP contribution in [-0.4, -0.2) is 56.8 Å². The van der Waals surface area contributed by atoms with Crippen LogP contribution in [0.5, 0.6) is 5.75 Å². The molecule has 0 radical (unpaired) electrons. The summed E-state index contributed by atoms with van der Waals surface area (Å²) in [7, 11) is 0. The molecule has 0 aliphatic heterocycles. The highest BCUT2D eigenvalue weighted by atomic mass is 16.5. The summed E-state index contributed by atoms with van der Waals surface area (Å²) in [6.07, 6.45) is 0.205. The topological polar surface area (TPSA) is 85.2 Å². The Balaban J connectivity index is 1.71. The molecule has 0 atom stereocenters. The van der Waals surface area contributed by atoms with Gasteiger partial charge in [-0.05, 0) is 59.0 Å². The van der Waals surface area contributed by atoms with Crippen molar-refractivity contribution in [2.75, 3.05) is 31.6 Å². The molecule has 3 aromatic rings. The number of hydrogen-bond acceptors (Lipinski definition) is 6. The summed E-state index contributed by atoms with van der Waals surface area (Å²) in [4.78, 5) is 24.2. The number of carbonyl (C=O) groups is 1. The van der Waals surface area contributed by atoms with Crippen molar-refractivity contribution in [3.8, 4) is 11.7 Å². The molecule has 176 valence electrons. The van der Waals surface area contributed by atoms with Crippen molar-refractivity contribution < 1.29 is 9.53 Å². The molecule has 1 N–H and O–H groups in total. The van der Waals surface area contributed by atoms with Gasteiger partial charge in [-0.2, -0.15) is 5.10 Å². The summed E-state index contributed by atoms with van der Waals surface area (Å²) in [6.45, 7) is 15.3. The second-order valence-corrected chi connectivity index (χ2v) is 8.11. The number of rotatable bonds is 10. The monoisotopic (exact) mass is 450 g/mol. The molecule has 8 nitrogen and oxygen atoms in total. The van der Waals surface area contributed by atoms with E-state index in [0.717, 1.165) is 48.0 Å². The number of aryl methyl sites for hydroxylation is 3. The van der Waals surface area contributed by atoms with Gasteiger partial charge in [0.25, 0.3) is 5.95 Å². The van der Waals surface area contributed by atoms with Crippen molar-refractivity contribution in [3.63, 3.8) is 0 Å². The molecule has 0 unspecified atom stereocenters. The molecule has 0 saturated heterocycles. The van der Waals surface area contributed by atoms with Crippen LogP contribution in [0.4, 0.5) is 5.69 Å². The second kappa shape index (κ2) is 11.0. The third kappa shape index (κ3) is 6.16. The minimum Gasteiger partial charge on any atom is -0.490 e. The van der Waals surface area contributed by atoms with Crippen LogP contribution >= 0.6 is 0 Å². The van der Waals surface area contributed by atoms with E-state index in [9.17, 15) is 4.79 Å². The molecule has 1 amide bonds. The van der Waals surface area contributed by atoms with Gasteiger partial charge in [-0.25, -0.2) is 14.6 Å². The van der Waals surface area contributed by atoms with E-state index in [0.29, 0.717) is 24.0 Å². The smallest absolute Gasteiger partial charge is 0.251 e. The van der Waals surface area contributed by atoms with E-state index in [-0.39, 0.29) is 12.3 Å². The summed E-state index contributed by atoms with van der Waals surface area (Å²) in [5, 5.41) is 7.60. The first-order valence-corrected chi connectivity index (χ1v) is 11.4. The van der Waals surface area contributed by atoms with Crippen LogP contribution in [0.15, 0.2) is 30.3 Å². The van der Waals surface area contributed by atoms with Crippen molar-refractivity contribution in [1.82, 2.24) is 24.6 Å². The van der Waals surface area contributed by atoms with Gasteiger partial charge in [0.1, 0.15) is 12.4 Å². The van der Waals surface area contributed by atoms with Crippen molar-refractivity contribution in [3.05, 3.63) is 58.7 Å². The number of para-hydroxylation sites is 2. The van der Waals surface area contributed by atoms with E-state index in [2.05, 4.69) is 39.1 Å². The predicted molar refractivity (Wildman–Crippen MR) is 130 cm³/mol. The molecule has 1 aromatic carbocycles. The van der Waals surface area contributed by atoms with Crippen LogP contribution in [0.3, 0.4) is 0 Å². The number of benzene rings is 1. The summed E-state index contributed by atoms with van der Waals surface area (Å²) in [5.74, 6) is 1.07. The number of likely N-dealkylation sites (N-methyl/N-ethyl adjacent to an activating group) is 1. The highest BCUT2D eigenvalue weighted by Gasteiger charge is 2.18. The van der Waals surface area contributed by atoms with Crippen molar-refractivity contribution in [2.45, 2.75) is 48.0 Å². The molecule has 8 heteroatoms. The summed E-state index contributed by atoms with van der Waals surface area (Å²) < 4.78 is 7.68. The highest BCUT2D eigenvalue weighted by molar-refractivity contribution is 5.93. The largest absolute Gasteiger partial charge is 0.490 e. The van der Waals surface area contributed by atoms with Crippen molar-refractivity contribution in [1.29, 1.82) is 0 Å². The van der Waals surface area contributed by atoms with Gasteiger partial charge in [-0.1, -0.05) is 26.0 Å². The van der Waals surface area contributed by atoms with Crippen molar-refractivity contribution in [2.24, 2.45) is 0 Å². The number of ether oxygens (including phenoxy) is 1. The Kier molecular flexibility index (Phi) is 8.16. The van der Waals surface area contributed by atoms with E-state index in [1.807, 2.05) is 58.0 Å². The molecule has 33 heavy (non-hydrogen) atoms. The number of hydrogen-bond donors (Lipinski definition) is 1. The first kappa shape index (κ1) is 24.4. The van der Waals surface area contributed by atoms with Crippen LogP contribution < -0.4 is 10.1 Å². The summed E-state index contributed by atoms with van der Waals surface area (Å²) in [6, 6.07) is 9.45. The molecule has 3 rings (SSSR count). The minimum absolute atomic E-state index is 0.123. The molecule has 0 fully saturated rings. The van der Waals surface area contributed by atoms with Gasteiger partial charge in [-0.3, -0.25) is 4.79 Å². The van der Waals surface area contributed by atoms with Crippen LogP contribution in [0.2, 0.25) is 0 Å². The average molecular weight is 451 g/mol. The number of aromatic nitrogens is 4. The van der Waals surface area contributed by atoms with Gasteiger partial charge < -0.3 is 15.0 Å². The van der Waals surface area contributed by atoms with Gasteiger partial charge >= 0.3 is 0 Å². The molecule has 0 aliphatic rings. The van der Waals surface area contributed by atoms with Crippen LogP contribution in [0.1, 0.15) is 42.2 Å². The number of nitrogens with zero attached hydrogens (tertiary/aromatic N) is 5. The van der Waals surface area contributed by atoms with Gasteiger partial charge in [-0.15, -0.1) is 0 Å². The Morgan fingerprint density at radius 1 is 1.06 bits per heavy atom.